The summed E-state index contributed by atoms with van der Waals surface area (Å²) in [6.45, 7) is 0. The lowest BCUT2D eigenvalue weighted by atomic mass is 10.2. The van der Waals surface area contributed by atoms with E-state index >= 15 is 0 Å². The molecule has 0 saturated carbocycles. The van der Waals surface area contributed by atoms with E-state index in [1.165, 1.54) is 12.1 Å². The van der Waals surface area contributed by atoms with Crippen LogP contribution in [0.2, 0.25) is 0 Å². The second-order valence-corrected chi connectivity index (χ2v) is 3.60. The summed E-state index contributed by atoms with van der Waals surface area (Å²) in [6, 6.07) is 6.09. The Balaban J connectivity index is 1.87. The number of hydrogen-bond donors (Lipinski definition) is 2. The SMILES string of the molecule is O=C(CCc1cnc[nH]1)Nc1ccccc1F. The Kier molecular flexibility index (Phi) is 3.49. The lowest BCUT2D eigenvalue weighted by Crippen LogP contribution is -2.13. The highest BCUT2D eigenvalue weighted by molar-refractivity contribution is 5.90. The summed E-state index contributed by atoms with van der Waals surface area (Å²) >= 11 is 0. The lowest BCUT2D eigenvalue weighted by Gasteiger charge is -2.05. The number of halogens is 1. The van der Waals surface area contributed by atoms with Crippen LogP contribution in [0.15, 0.2) is 36.8 Å². The van der Waals surface area contributed by atoms with Gasteiger partial charge in [0.15, 0.2) is 0 Å². The molecule has 0 unspecified atom stereocenters. The second kappa shape index (κ2) is 5.25. The number of carbonyl (C=O) groups excluding carboxylic acids is 1. The number of carbonyl (C=O) groups is 1. The molecule has 1 heterocycles. The Morgan fingerprint density at radius 1 is 1.41 bits per heavy atom. The Morgan fingerprint density at radius 2 is 2.24 bits per heavy atom. The average Bonchev–Trinajstić information content (AvgIpc) is 2.82. The van der Waals surface area contributed by atoms with Crippen LogP contribution < -0.4 is 5.32 Å². The number of benzene rings is 1. The monoisotopic (exact) mass is 233 g/mol. The van der Waals surface area contributed by atoms with Crippen molar-refractivity contribution in [3.8, 4) is 0 Å². The van der Waals surface area contributed by atoms with Gasteiger partial charge in [-0.2, -0.15) is 0 Å². The third kappa shape index (κ3) is 3.14. The normalized spacial score (nSPS) is 10.2. The van der Waals surface area contributed by atoms with Crippen LogP contribution >= 0.6 is 0 Å². The highest BCUT2D eigenvalue weighted by atomic mass is 19.1. The number of H-pyrrole nitrogens is 1. The molecule has 0 aliphatic rings. The molecular formula is C12H12FN3O. The molecule has 2 aromatic rings. The number of nitrogens with one attached hydrogen (secondary N) is 2. The number of imidazole rings is 1. The van der Waals surface area contributed by atoms with Gasteiger partial charge in [0, 0.05) is 18.3 Å². The number of rotatable bonds is 4. The predicted molar refractivity (Wildman–Crippen MR) is 61.9 cm³/mol. The maximum atomic E-state index is 13.2. The van der Waals surface area contributed by atoms with E-state index in [0.29, 0.717) is 6.42 Å². The van der Waals surface area contributed by atoms with E-state index in [-0.39, 0.29) is 18.0 Å². The van der Waals surface area contributed by atoms with Crippen LogP contribution in [0.5, 0.6) is 0 Å². The van der Waals surface area contributed by atoms with Gasteiger partial charge in [-0.05, 0) is 18.6 Å². The smallest absolute Gasteiger partial charge is 0.224 e. The quantitative estimate of drug-likeness (QED) is 0.849. The van der Waals surface area contributed by atoms with Crippen LogP contribution in [-0.2, 0) is 11.2 Å². The molecule has 1 amide bonds. The van der Waals surface area contributed by atoms with Gasteiger partial charge in [-0.1, -0.05) is 12.1 Å². The van der Waals surface area contributed by atoms with E-state index in [1.54, 1.807) is 24.7 Å². The van der Waals surface area contributed by atoms with Crippen LogP contribution in [0.3, 0.4) is 0 Å². The van der Waals surface area contributed by atoms with Gasteiger partial charge in [-0.3, -0.25) is 4.79 Å². The van der Waals surface area contributed by atoms with E-state index < -0.39 is 5.82 Å². The molecular weight excluding hydrogens is 221 g/mol. The van der Waals surface area contributed by atoms with E-state index in [9.17, 15) is 9.18 Å². The Hall–Kier alpha value is -2.17. The largest absolute Gasteiger partial charge is 0.348 e. The molecule has 0 spiro atoms. The number of hydrogen-bond acceptors (Lipinski definition) is 2. The first kappa shape index (κ1) is 11.3. The number of amides is 1. The third-order valence-corrected chi connectivity index (χ3v) is 2.32. The zero-order valence-corrected chi connectivity index (χ0v) is 9.11. The first-order valence-electron chi connectivity index (χ1n) is 5.27. The van der Waals surface area contributed by atoms with Crippen LogP contribution in [0, 0.1) is 5.82 Å². The maximum Gasteiger partial charge on any atom is 0.224 e. The molecule has 4 nitrogen and oxygen atoms in total. The Morgan fingerprint density at radius 3 is 2.94 bits per heavy atom. The van der Waals surface area contributed by atoms with Gasteiger partial charge >= 0.3 is 0 Å². The molecule has 2 rings (SSSR count). The molecule has 1 aromatic carbocycles. The van der Waals surface area contributed by atoms with Gasteiger partial charge in [0.2, 0.25) is 5.91 Å². The summed E-state index contributed by atoms with van der Waals surface area (Å²) in [4.78, 5) is 18.3. The molecule has 0 fully saturated rings. The standard InChI is InChI=1S/C12H12FN3O/c13-10-3-1-2-4-11(10)16-12(17)6-5-9-7-14-8-15-9/h1-4,7-8H,5-6H2,(H,14,15)(H,16,17). The fraction of sp³-hybridized carbons (Fsp3) is 0.167. The fourth-order valence-electron chi connectivity index (χ4n) is 1.44. The highest BCUT2D eigenvalue weighted by Crippen LogP contribution is 2.12. The van der Waals surface area contributed by atoms with Crippen molar-refractivity contribution in [1.82, 2.24) is 9.97 Å². The van der Waals surface area contributed by atoms with Crippen LogP contribution in [0.4, 0.5) is 10.1 Å². The summed E-state index contributed by atoms with van der Waals surface area (Å²) in [6.07, 6.45) is 4.07. The number of aromatic amines is 1. The molecule has 0 aliphatic heterocycles. The van der Waals surface area contributed by atoms with Gasteiger partial charge in [-0.15, -0.1) is 0 Å². The average molecular weight is 233 g/mol. The van der Waals surface area contributed by atoms with Crippen molar-refractivity contribution >= 4 is 11.6 Å². The van der Waals surface area contributed by atoms with Crippen molar-refractivity contribution in [2.45, 2.75) is 12.8 Å². The summed E-state index contributed by atoms with van der Waals surface area (Å²) in [5, 5.41) is 2.52. The Labute approximate surface area is 97.9 Å². The number of aromatic nitrogens is 2. The first-order valence-corrected chi connectivity index (χ1v) is 5.27. The number of nitrogens with zero attached hydrogens (tertiary/aromatic N) is 1. The van der Waals surface area contributed by atoms with Gasteiger partial charge in [0.1, 0.15) is 5.82 Å². The molecule has 2 N–H and O–H groups in total. The van der Waals surface area contributed by atoms with E-state index in [4.69, 9.17) is 0 Å². The van der Waals surface area contributed by atoms with Crippen molar-refractivity contribution in [1.29, 1.82) is 0 Å². The summed E-state index contributed by atoms with van der Waals surface area (Å²) in [7, 11) is 0. The molecule has 0 aliphatic carbocycles. The first-order chi connectivity index (χ1) is 8.25. The van der Waals surface area contributed by atoms with Gasteiger partial charge in [0.05, 0.1) is 12.0 Å². The molecule has 0 radical (unpaired) electrons. The second-order valence-electron chi connectivity index (χ2n) is 3.60. The molecule has 5 heteroatoms. The van der Waals surface area contributed by atoms with Crippen molar-refractivity contribution in [2.24, 2.45) is 0 Å². The van der Waals surface area contributed by atoms with Crippen LogP contribution in [-0.4, -0.2) is 15.9 Å². The summed E-state index contributed by atoms with van der Waals surface area (Å²) in [5.41, 5.74) is 1.09. The van der Waals surface area contributed by atoms with Crippen LogP contribution in [0.25, 0.3) is 0 Å². The van der Waals surface area contributed by atoms with E-state index in [1.807, 2.05) is 0 Å². The highest BCUT2D eigenvalue weighted by Gasteiger charge is 2.06. The lowest BCUT2D eigenvalue weighted by molar-refractivity contribution is -0.116. The van der Waals surface area contributed by atoms with Crippen molar-refractivity contribution in [3.63, 3.8) is 0 Å². The predicted octanol–water partition coefficient (Wildman–Crippen LogP) is 2.12. The number of para-hydroxylation sites is 1. The molecule has 0 saturated heterocycles. The fourth-order valence-corrected chi connectivity index (χ4v) is 1.44. The molecule has 0 atom stereocenters. The van der Waals surface area contributed by atoms with E-state index in [0.717, 1.165) is 5.69 Å². The van der Waals surface area contributed by atoms with Crippen molar-refractivity contribution in [2.75, 3.05) is 5.32 Å². The molecule has 88 valence electrons. The number of anilines is 1. The minimum atomic E-state index is -0.428. The van der Waals surface area contributed by atoms with Crippen molar-refractivity contribution < 1.29 is 9.18 Å². The van der Waals surface area contributed by atoms with Gasteiger partial charge in [0.25, 0.3) is 0 Å². The van der Waals surface area contributed by atoms with Gasteiger partial charge in [-0.25, -0.2) is 9.37 Å². The third-order valence-electron chi connectivity index (χ3n) is 2.32. The minimum Gasteiger partial charge on any atom is -0.348 e. The number of aryl methyl sites for hydroxylation is 1. The summed E-state index contributed by atoms with van der Waals surface area (Å²) in [5.74, 6) is -0.646. The zero-order valence-electron chi connectivity index (χ0n) is 9.11. The summed E-state index contributed by atoms with van der Waals surface area (Å²) < 4.78 is 13.2. The zero-order chi connectivity index (χ0) is 12.1. The Bertz CT molecular complexity index is 496. The van der Waals surface area contributed by atoms with E-state index in [2.05, 4.69) is 15.3 Å². The van der Waals surface area contributed by atoms with Gasteiger partial charge < -0.3 is 10.3 Å². The topological polar surface area (TPSA) is 57.8 Å². The molecule has 0 bridgehead atoms. The maximum absolute atomic E-state index is 13.2. The molecule has 17 heavy (non-hydrogen) atoms. The van der Waals surface area contributed by atoms with Crippen LogP contribution in [0.1, 0.15) is 12.1 Å². The van der Waals surface area contributed by atoms with Crippen molar-refractivity contribution in [3.05, 3.63) is 48.3 Å². The molecule has 1 aromatic heterocycles. The minimum absolute atomic E-state index is 0.210.